The number of rotatable bonds is 4. The van der Waals surface area contributed by atoms with Crippen LogP contribution in [-0.4, -0.2) is 69.6 Å². The summed E-state index contributed by atoms with van der Waals surface area (Å²) in [6.45, 7) is 6.96. The number of hydrogen-bond acceptors (Lipinski definition) is 5. The van der Waals surface area contributed by atoms with Crippen LogP contribution < -0.4 is 10.2 Å². The number of imide groups is 1. The summed E-state index contributed by atoms with van der Waals surface area (Å²) >= 11 is 0. The van der Waals surface area contributed by atoms with E-state index in [4.69, 9.17) is 0 Å². The van der Waals surface area contributed by atoms with E-state index in [1.165, 1.54) is 24.8 Å². The Bertz CT molecular complexity index is 936. The Balaban J connectivity index is 1.31. The number of urea groups is 1. The Hall–Kier alpha value is -2.45. The lowest BCUT2D eigenvalue weighted by molar-refractivity contribution is -0.120. The molecule has 8 nitrogen and oxygen atoms in total. The zero-order chi connectivity index (χ0) is 20.0. The number of amides is 3. The van der Waals surface area contributed by atoms with Crippen LogP contribution in [0.15, 0.2) is 24.5 Å². The Morgan fingerprint density at radius 1 is 1.21 bits per heavy atom. The van der Waals surface area contributed by atoms with Crippen LogP contribution in [0.25, 0.3) is 5.52 Å². The molecule has 154 valence electrons. The molecule has 0 unspecified atom stereocenters. The third kappa shape index (κ3) is 3.51. The van der Waals surface area contributed by atoms with Gasteiger partial charge in [0.1, 0.15) is 0 Å². The molecule has 0 bridgehead atoms. The van der Waals surface area contributed by atoms with Gasteiger partial charge in [-0.2, -0.15) is 5.10 Å². The molecule has 4 heterocycles. The van der Waals surface area contributed by atoms with E-state index in [0.717, 1.165) is 43.4 Å². The van der Waals surface area contributed by atoms with Crippen molar-refractivity contribution in [3.05, 3.63) is 30.1 Å². The summed E-state index contributed by atoms with van der Waals surface area (Å²) in [6, 6.07) is 5.25. The first-order valence-corrected chi connectivity index (χ1v) is 10.6. The second kappa shape index (κ2) is 7.42. The highest BCUT2D eigenvalue weighted by Gasteiger charge is 2.32. The van der Waals surface area contributed by atoms with Crippen molar-refractivity contribution in [2.75, 3.05) is 31.1 Å². The van der Waals surface area contributed by atoms with Gasteiger partial charge in [0.05, 0.1) is 17.4 Å². The van der Waals surface area contributed by atoms with Crippen LogP contribution in [0.3, 0.4) is 0 Å². The van der Waals surface area contributed by atoms with Gasteiger partial charge in [-0.15, -0.1) is 0 Å². The Kier molecular flexibility index (Phi) is 4.75. The summed E-state index contributed by atoms with van der Waals surface area (Å²) < 4.78 is 1.79. The molecule has 3 fully saturated rings. The molecule has 1 N–H and O–H groups in total. The molecule has 8 heteroatoms. The monoisotopic (exact) mass is 396 g/mol. The lowest BCUT2D eigenvalue weighted by Gasteiger charge is -2.47. The van der Waals surface area contributed by atoms with Crippen molar-refractivity contribution in [1.82, 2.24) is 24.7 Å². The van der Waals surface area contributed by atoms with Crippen LogP contribution in [0, 0.1) is 0 Å². The van der Waals surface area contributed by atoms with E-state index in [1.54, 1.807) is 15.6 Å². The Labute approximate surface area is 170 Å². The second-order valence-electron chi connectivity index (χ2n) is 8.56. The fourth-order valence-electron chi connectivity index (χ4n) is 4.82. The predicted octanol–water partition coefficient (Wildman–Crippen LogP) is 1.84. The smallest absolute Gasteiger partial charge is 0.296 e. The number of piperazine rings is 1. The number of anilines is 1. The van der Waals surface area contributed by atoms with Crippen LogP contribution >= 0.6 is 0 Å². The molecule has 3 aliphatic rings. The summed E-state index contributed by atoms with van der Waals surface area (Å²) in [4.78, 5) is 30.5. The fraction of sp³-hybridized carbons (Fsp3) is 0.571. The average molecular weight is 396 g/mol. The summed E-state index contributed by atoms with van der Waals surface area (Å²) in [5, 5.41) is 6.77. The van der Waals surface area contributed by atoms with Gasteiger partial charge in [0.2, 0.25) is 5.91 Å². The van der Waals surface area contributed by atoms with Gasteiger partial charge in [0.15, 0.2) is 0 Å². The number of aromatic nitrogens is 2. The summed E-state index contributed by atoms with van der Waals surface area (Å²) in [5.41, 5.74) is 2.87. The van der Waals surface area contributed by atoms with Gasteiger partial charge < -0.3 is 0 Å². The molecule has 0 radical (unpaired) electrons. The Morgan fingerprint density at radius 2 is 2.07 bits per heavy atom. The number of pyridine rings is 1. The second-order valence-corrected chi connectivity index (χ2v) is 8.56. The number of nitrogens with one attached hydrogen (secondary N) is 1. The molecule has 5 rings (SSSR count). The molecule has 0 spiro atoms. The third-order valence-electron chi connectivity index (χ3n) is 6.62. The van der Waals surface area contributed by atoms with E-state index in [-0.39, 0.29) is 11.9 Å². The summed E-state index contributed by atoms with van der Waals surface area (Å²) in [6.07, 6.45) is 8.07. The topological polar surface area (TPSA) is 73.2 Å². The van der Waals surface area contributed by atoms with Crippen molar-refractivity contribution in [2.45, 2.75) is 51.2 Å². The molecule has 0 aromatic carbocycles. The minimum Gasteiger partial charge on any atom is -0.296 e. The van der Waals surface area contributed by atoms with Crippen LogP contribution in [-0.2, 0) is 11.3 Å². The van der Waals surface area contributed by atoms with Crippen LogP contribution in [0.2, 0.25) is 0 Å². The van der Waals surface area contributed by atoms with Gasteiger partial charge in [0.25, 0.3) is 0 Å². The number of hydrogen-bond donors (Lipinski definition) is 1. The molecule has 29 heavy (non-hydrogen) atoms. The molecular formula is C21H28N6O2. The highest BCUT2D eigenvalue weighted by molar-refractivity contribution is 6.07. The molecule has 2 aromatic rings. The van der Waals surface area contributed by atoms with E-state index in [2.05, 4.69) is 39.3 Å². The molecule has 2 saturated heterocycles. The number of carbonyl (C=O) groups is 2. The first kappa shape index (κ1) is 18.6. The molecule has 1 aliphatic carbocycles. The van der Waals surface area contributed by atoms with Gasteiger partial charge in [0, 0.05) is 57.4 Å². The first-order chi connectivity index (χ1) is 14.1. The molecular weight excluding hydrogens is 368 g/mol. The van der Waals surface area contributed by atoms with Gasteiger partial charge in [-0.1, -0.05) is 6.42 Å². The maximum absolute atomic E-state index is 12.2. The van der Waals surface area contributed by atoms with Crippen LogP contribution in [0.4, 0.5) is 10.5 Å². The van der Waals surface area contributed by atoms with E-state index in [9.17, 15) is 9.59 Å². The van der Waals surface area contributed by atoms with Gasteiger partial charge in [-0.3, -0.25) is 24.8 Å². The zero-order valence-electron chi connectivity index (χ0n) is 16.9. The van der Waals surface area contributed by atoms with E-state index >= 15 is 0 Å². The van der Waals surface area contributed by atoms with Crippen molar-refractivity contribution in [3.8, 4) is 0 Å². The quantitative estimate of drug-likeness (QED) is 0.854. The van der Waals surface area contributed by atoms with Crippen LogP contribution in [0.5, 0.6) is 0 Å². The molecule has 2 aromatic heterocycles. The van der Waals surface area contributed by atoms with E-state index in [1.807, 2.05) is 6.20 Å². The van der Waals surface area contributed by atoms with Crippen molar-refractivity contribution in [1.29, 1.82) is 0 Å². The average Bonchev–Trinajstić information content (AvgIpc) is 3.05. The first-order valence-electron chi connectivity index (χ1n) is 10.6. The van der Waals surface area contributed by atoms with Crippen molar-refractivity contribution >= 4 is 23.1 Å². The number of nitrogens with zero attached hydrogens (tertiary/aromatic N) is 5. The fourth-order valence-corrected chi connectivity index (χ4v) is 4.82. The minimum absolute atomic E-state index is 0.224. The lowest BCUT2D eigenvalue weighted by atomic mass is 9.89. The summed E-state index contributed by atoms with van der Waals surface area (Å²) in [7, 11) is 0. The van der Waals surface area contributed by atoms with E-state index in [0.29, 0.717) is 19.0 Å². The molecule has 1 atom stereocenters. The van der Waals surface area contributed by atoms with Crippen molar-refractivity contribution < 1.29 is 9.59 Å². The molecule has 2 aliphatic heterocycles. The minimum atomic E-state index is -0.373. The van der Waals surface area contributed by atoms with Crippen molar-refractivity contribution in [2.24, 2.45) is 0 Å². The van der Waals surface area contributed by atoms with Crippen molar-refractivity contribution in [3.63, 3.8) is 0 Å². The zero-order valence-corrected chi connectivity index (χ0v) is 16.9. The van der Waals surface area contributed by atoms with Gasteiger partial charge in [-0.25, -0.2) is 9.31 Å². The number of fused-ring (bicyclic) bond motifs is 1. The normalized spacial score (nSPS) is 24.7. The number of carbonyl (C=O) groups excluding carboxylic acids is 2. The Morgan fingerprint density at radius 3 is 2.79 bits per heavy atom. The standard InChI is InChI=1S/C21H28N6O2/c1-15-13-24(9-10-25(15)17-3-2-4-17)14-16-5-8-27-18(11-16)19(12-22-27)26-7-6-20(28)23-21(26)29/h5,8,11-12,15,17H,2-4,6-7,9-10,13-14H2,1H3,(H,23,28,29)/t15-/m0/s1. The SMILES string of the molecule is C[C@H]1CN(Cc2ccn3ncc(N4CCC(=O)NC4=O)c3c2)CCN1C1CCC1. The highest BCUT2D eigenvalue weighted by Crippen LogP contribution is 2.29. The lowest BCUT2D eigenvalue weighted by Crippen LogP contribution is -2.56. The molecule has 1 saturated carbocycles. The summed E-state index contributed by atoms with van der Waals surface area (Å²) in [5.74, 6) is -0.224. The largest absolute Gasteiger partial charge is 0.328 e. The maximum Gasteiger partial charge on any atom is 0.328 e. The van der Waals surface area contributed by atoms with E-state index < -0.39 is 0 Å². The maximum atomic E-state index is 12.2. The van der Waals surface area contributed by atoms with Crippen LogP contribution in [0.1, 0.15) is 38.2 Å². The van der Waals surface area contributed by atoms with Gasteiger partial charge in [-0.05, 0) is 37.5 Å². The third-order valence-corrected chi connectivity index (χ3v) is 6.62. The predicted molar refractivity (Wildman–Crippen MR) is 110 cm³/mol. The molecule has 3 amide bonds. The highest BCUT2D eigenvalue weighted by atomic mass is 16.2. The van der Waals surface area contributed by atoms with Gasteiger partial charge >= 0.3 is 6.03 Å².